The quantitative estimate of drug-likeness (QED) is 0.550. The fourth-order valence-electron chi connectivity index (χ4n) is 1.10. The largest absolute Gasteiger partial charge is 0.395 e. The molecular weight excluding hydrogens is 210 g/mol. The van der Waals surface area contributed by atoms with Crippen molar-refractivity contribution in [3.63, 3.8) is 0 Å². The maximum absolute atomic E-state index is 11.4. The number of nitrogens with one attached hydrogen (secondary N) is 1. The number of carbonyl (C=O) groups is 1. The summed E-state index contributed by atoms with van der Waals surface area (Å²) in [6, 6.07) is 1.60. The summed E-state index contributed by atoms with van der Waals surface area (Å²) in [6.45, 7) is 0.626. The Labute approximate surface area is 93.2 Å². The van der Waals surface area contributed by atoms with Crippen LogP contribution in [0.5, 0.6) is 0 Å². The first-order chi connectivity index (χ1) is 7.77. The number of rotatable bonds is 6. The number of amides is 1. The average Bonchev–Trinajstić information content (AvgIpc) is 2.75. The summed E-state index contributed by atoms with van der Waals surface area (Å²) in [5.74, 6) is -0.307. The van der Waals surface area contributed by atoms with Gasteiger partial charge in [0.2, 0.25) is 0 Å². The van der Waals surface area contributed by atoms with Crippen molar-refractivity contribution in [3.8, 4) is 0 Å². The van der Waals surface area contributed by atoms with Gasteiger partial charge in [-0.05, 0) is 6.07 Å². The second kappa shape index (κ2) is 6.76. The number of nitrogens with zero attached hydrogens (tertiary/aromatic N) is 2. The first-order valence-electron chi connectivity index (χ1n) is 4.96. The van der Waals surface area contributed by atoms with Gasteiger partial charge in [-0.15, -0.1) is 0 Å². The van der Waals surface area contributed by atoms with Gasteiger partial charge >= 0.3 is 0 Å². The van der Waals surface area contributed by atoms with Crippen LogP contribution in [-0.2, 0) is 6.54 Å². The number of aliphatic hydroxyl groups is 2. The van der Waals surface area contributed by atoms with E-state index in [2.05, 4.69) is 10.4 Å². The maximum Gasteiger partial charge on any atom is 0.271 e. The smallest absolute Gasteiger partial charge is 0.271 e. The Morgan fingerprint density at radius 1 is 1.50 bits per heavy atom. The topological polar surface area (TPSA) is 87.4 Å². The van der Waals surface area contributed by atoms with E-state index in [1.165, 1.54) is 0 Å². The molecule has 1 rings (SSSR count). The van der Waals surface area contributed by atoms with Crippen molar-refractivity contribution in [3.05, 3.63) is 30.1 Å². The number of hydrogen-bond donors (Lipinski definition) is 3. The highest BCUT2D eigenvalue weighted by Gasteiger charge is 2.07. The summed E-state index contributed by atoms with van der Waals surface area (Å²) in [4.78, 5) is 11.4. The van der Waals surface area contributed by atoms with Crippen LogP contribution in [0, 0.1) is 0 Å². The fraction of sp³-hybridized carbons (Fsp3) is 0.400. The van der Waals surface area contributed by atoms with Crippen LogP contribution < -0.4 is 5.32 Å². The molecule has 0 radical (unpaired) electrons. The van der Waals surface area contributed by atoms with Gasteiger partial charge in [0, 0.05) is 12.7 Å². The van der Waals surface area contributed by atoms with Crippen LogP contribution in [0.25, 0.3) is 0 Å². The van der Waals surface area contributed by atoms with Crippen LogP contribution in [-0.4, -0.2) is 45.7 Å². The SMILES string of the molecule is O=C(NCCO)c1ccn(C/C=C\CO)n1. The van der Waals surface area contributed by atoms with Crippen LogP contribution in [0.15, 0.2) is 24.4 Å². The molecule has 1 aromatic heterocycles. The summed E-state index contributed by atoms with van der Waals surface area (Å²) < 4.78 is 1.58. The predicted octanol–water partition coefficient (Wildman–Crippen LogP) is -0.846. The molecule has 0 aliphatic rings. The lowest BCUT2D eigenvalue weighted by Gasteiger charge is -1.99. The highest BCUT2D eigenvalue weighted by molar-refractivity contribution is 5.92. The van der Waals surface area contributed by atoms with Crippen molar-refractivity contribution in [2.24, 2.45) is 0 Å². The molecular formula is C10H15N3O3. The van der Waals surface area contributed by atoms with Crippen molar-refractivity contribution in [1.29, 1.82) is 0 Å². The lowest BCUT2D eigenvalue weighted by molar-refractivity contribution is 0.0939. The minimum absolute atomic E-state index is 0.00882. The van der Waals surface area contributed by atoms with Crippen molar-refractivity contribution in [2.45, 2.75) is 6.54 Å². The van der Waals surface area contributed by atoms with Crippen molar-refractivity contribution in [2.75, 3.05) is 19.8 Å². The molecule has 0 saturated heterocycles. The van der Waals surface area contributed by atoms with Crippen molar-refractivity contribution < 1.29 is 15.0 Å². The molecule has 16 heavy (non-hydrogen) atoms. The zero-order valence-electron chi connectivity index (χ0n) is 8.83. The van der Waals surface area contributed by atoms with Gasteiger partial charge in [0.05, 0.1) is 19.8 Å². The number of allylic oxidation sites excluding steroid dienone is 1. The Kier molecular flexibility index (Phi) is 5.24. The molecule has 6 nitrogen and oxygen atoms in total. The minimum Gasteiger partial charge on any atom is -0.395 e. The summed E-state index contributed by atoms with van der Waals surface area (Å²) in [6.07, 6.45) is 5.03. The van der Waals surface area contributed by atoms with Gasteiger partial charge in [0.15, 0.2) is 0 Å². The lowest BCUT2D eigenvalue weighted by atomic mass is 10.4. The van der Waals surface area contributed by atoms with Gasteiger partial charge in [0.25, 0.3) is 5.91 Å². The highest BCUT2D eigenvalue weighted by atomic mass is 16.3. The predicted molar refractivity (Wildman–Crippen MR) is 57.9 cm³/mol. The number of aromatic nitrogens is 2. The number of hydrogen-bond acceptors (Lipinski definition) is 4. The lowest BCUT2D eigenvalue weighted by Crippen LogP contribution is -2.26. The Morgan fingerprint density at radius 3 is 3.00 bits per heavy atom. The molecule has 6 heteroatoms. The molecule has 0 atom stereocenters. The van der Waals surface area contributed by atoms with E-state index in [0.717, 1.165) is 0 Å². The maximum atomic E-state index is 11.4. The molecule has 1 aromatic rings. The van der Waals surface area contributed by atoms with E-state index in [4.69, 9.17) is 10.2 Å². The standard InChI is InChI=1S/C10H15N3O3/c14-7-2-1-5-13-6-3-9(12-13)10(16)11-4-8-15/h1-3,6,14-15H,4-5,7-8H2,(H,11,16)/b2-1-. The van der Waals surface area contributed by atoms with Gasteiger partial charge < -0.3 is 15.5 Å². The van der Waals surface area contributed by atoms with Crippen molar-refractivity contribution in [1.82, 2.24) is 15.1 Å². The van der Waals surface area contributed by atoms with Crippen LogP contribution in [0.1, 0.15) is 10.5 Å². The van der Waals surface area contributed by atoms with Crippen LogP contribution in [0.4, 0.5) is 0 Å². The normalized spacial score (nSPS) is 10.9. The summed E-state index contributed by atoms with van der Waals surface area (Å²) >= 11 is 0. The molecule has 3 N–H and O–H groups in total. The van der Waals surface area contributed by atoms with Gasteiger partial charge in [-0.2, -0.15) is 5.10 Å². The first-order valence-corrected chi connectivity index (χ1v) is 4.96. The molecule has 0 bridgehead atoms. The second-order valence-corrected chi connectivity index (χ2v) is 3.06. The fourth-order valence-corrected chi connectivity index (χ4v) is 1.10. The molecule has 0 unspecified atom stereocenters. The second-order valence-electron chi connectivity index (χ2n) is 3.06. The number of carbonyl (C=O) groups excluding carboxylic acids is 1. The average molecular weight is 225 g/mol. The number of aliphatic hydroxyl groups excluding tert-OH is 2. The van der Waals surface area contributed by atoms with Crippen LogP contribution in [0.2, 0.25) is 0 Å². The Balaban J connectivity index is 2.50. The van der Waals surface area contributed by atoms with E-state index in [9.17, 15) is 4.79 Å². The third kappa shape index (κ3) is 3.84. The Hall–Kier alpha value is -1.66. The van der Waals surface area contributed by atoms with Gasteiger partial charge in [0.1, 0.15) is 5.69 Å². The highest BCUT2D eigenvalue weighted by Crippen LogP contribution is 1.95. The van der Waals surface area contributed by atoms with E-state index >= 15 is 0 Å². The molecule has 88 valence electrons. The molecule has 1 heterocycles. The van der Waals surface area contributed by atoms with Crippen LogP contribution in [0.3, 0.4) is 0 Å². The van der Waals surface area contributed by atoms with E-state index in [1.54, 1.807) is 29.1 Å². The van der Waals surface area contributed by atoms with Crippen LogP contribution >= 0.6 is 0 Å². The minimum atomic E-state index is -0.307. The summed E-state index contributed by atoms with van der Waals surface area (Å²) in [7, 11) is 0. The molecule has 0 aliphatic carbocycles. The van der Waals surface area contributed by atoms with E-state index in [-0.39, 0.29) is 25.7 Å². The summed E-state index contributed by atoms with van der Waals surface area (Å²) in [5, 5.41) is 23.6. The van der Waals surface area contributed by atoms with E-state index in [1.807, 2.05) is 0 Å². The van der Waals surface area contributed by atoms with E-state index < -0.39 is 0 Å². The van der Waals surface area contributed by atoms with Gasteiger partial charge in [-0.1, -0.05) is 12.2 Å². The zero-order chi connectivity index (χ0) is 11.8. The molecule has 0 fully saturated rings. The van der Waals surface area contributed by atoms with Gasteiger partial charge in [-0.3, -0.25) is 9.48 Å². The molecule has 0 spiro atoms. The molecule has 1 amide bonds. The first kappa shape index (κ1) is 12.4. The molecule has 0 aliphatic heterocycles. The third-order valence-electron chi connectivity index (χ3n) is 1.84. The Bertz CT molecular complexity index is 360. The van der Waals surface area contributed by atoms with E-state index in [0.29, 0.717) is 12.2 Å². The summed E-state index contributed by atoms with van der Waals surface area (Å²) in [5.41, 5.74) is 0.311. The van der Waals surface area contributed by atoms with Crippen molar-refractivity contribution >= 4 is 5.91 Å². The Morgan fingerprint density at radius 2 is 2.31 bits per heavy atom. The molecule has 0 saturated carbocycles. The zero-order valence-corrected chi connectivity index (χ0v) is 8.83. The third-order valence-corrected chi connectivity index (χ3v) is 1.84. The monoisotopic (exact) mass is 225 g/mol. The molecule has 0 aromatic carbocycles. The van der Waals surface area contributed by atoms with Gasteiger partial charge in [-0.25, -0.2) is 0 Å².